The van der Waals surface area contributed by atoms with E-state index in [1.807, 2.05) is 25.1 Å². The van der Waals surface area contributed by atoms with Crippen LogP contribution >= 0.6 is 27.7 Å². The van der Waals surface area contributed by atoms with Crippen LogP contribution in [0.2, 0.25) is 0 Å². The maximum atomic E-state index is 11.7. The third kappa shape index (κ3) is 4.48. The molecule has 1 heterocycles. The van der Waals surface area contributed by atoms with E-state index < -0.39 is 24.5 Å². The monoisotopic (exact) mass is 386 g/mol. The number of carbonyl (C=O) groups excluding carboxylic acids is 3. The lowest BCUT2D eigenvalue weighted by molar-refractivity contribution is -0.148. The lowest BCUT2D eigenvalue weighted by Gasteiger charge is -2.12. The predicted molar refractivity (Wildman–Crippen MR) is 85.7 cm³/mol. The highest BCUT2D eigenvalue weighted by atomic mass is 79.9. The van der Waals surface area contributed by atoms with Gasteiger partial charge in [0.1, 0.15) is 0 Å². The van der Waals surface area contributed by atoms with Crippen molar-refractivity contribution in [2.24, 2.45) is 0 Å². The van der Waals surface area contributed by atoms with Crippen LogP contribution in [0.25, 0.3) is 0 Å². The number of carbonyl (C=O) groups is 3. The SMILES string of the molecule is Cc1cc(Br)ccc1SCC(=O)OCC(=O)N1CCNC1=O. The number of benzene rings is 1. The molecule has 0 aromatic heterocycles. The van der Waals surface area contributed by atoms with Gasteiger partial charge in [-0.2, -0.15) is 0 Å². The van der Waals surface area contributed by atoms with Gasteiger partial charge < -0.3 is 10.1 Å². The van der Waals surface area contributed by atoms with Crippen LogP contribution in [0.4, 0.5) is 4.79 Å². The average molecular weight is 387 g/mol. The van der Waals surface area contributed by atoms with Gasteiger partial charge in [-0.15, -0.1) is 11.8 Å². The van der Waals surface area contributed by atoms with Gasteiger partial charge in [0, 0.05) is 22.5 Å². The van der Waals surface area contributed by atoms with Crippen LogP contribution in [-0.4, -0.2) is 48.3 Å². The zero-order valence-corrected chi connectivity index (χ0v) is 14.3. The molecule has 1 aromatic rings. The second kappa shape index (κ2) is 7.64. The topological polar surface area (TPSA) is 75.7 Å². The number of nitrogens with zero attached hydrogens (tertiary/aromatic N) is 1. The number of thioether (sulfide) groups is 1. The Bertz CT molecular complexity index is 609. The Balaban J connectivity index is 1.76. The third-order valence-electron chi connectivity index (χ3n) is 3.00. The molecule has 2 rings (SSSR count). The number of amides is 3. The van der Waals surface area contributed by atoms with Gasteiger partial charge in [0.15, 0.2) is 6.61 Å². The predicted octanol–water partition coefficient (Wildman–Crippen LogP) is 1.94. The Morgan fingerprint density at radius 3 is 2.86 bits per heavy atom. The van der Waals surface area contributed by atoms with Crippen molar-refractivity contribution in [2.45, 2.75) is 11.8 Å². The summed E-state index contributed by atoms with van der Waals surface area (Å²) in [6.07, 6.45) is 0. The van der Waals surface area contributed by atoms with E-state index in [9.17, 15) is 14.4 Å². The average Bonchev–Trinajstić information content (AvgIpc) is 2.90. The molecule has 118 valence electrons. The van der Waals surface area contributed by atoms with Gasteiger partial charge in [0.2, 0.25) is 0 Å². The summed E-state index contributed by atoms with van der Waals surface area (Å²) in [6, 6.07) is 5.33. The number of imide groups is 1. The van der Waals surface area contributed by atoms with Crippen LogP contribution in [0.3, 0.4) is 0 Å². The first-order valence-electron chi connectivity index (χ1n) is 6.60. The van der Waals surface area contributed by atoms with Gasteiger partial charge >= 0.3 is 12.0 Å². The molecule has 1 aromatic carbocycles. The molecular formula is C14H15BrN2O4S. The van der Waals surface area contributed by atoms with Crippen LogP contribution in [0.1, 0.15) is 5.56 Å². The maximum absolute atomic E-state index is 11.7. The second-order valence-corrected chi connectivity index (χ2v) is 6.57. The first kappa shape index (κ1) is 16.8. The minimum atomic E-state index is -0.506. The van der Waals surface area contributed by atoms with Crippen molar-refractivity contribution in [3.8, 4) is 0 Å². The fourth-order valence-corrected chi connectivity index (χ4v) is 3.17. The van der Waals surface area contributed by atoms with Crippen molar-refractivity contribution in [3.05, 3.63) is 28.2 Å². The second-order valence-electron chi connectivity index (χ2n) is 4.64. The van der Waals surface area contributed by atoms with E-state index in [0.29, 0.717) is 13.1 Å². The smallest absolute Gasteiger partial charge is 0.324 e. The van der Waals surface area contributed by atoms with Crippen molar-refractivity contribution < 1.29 is 19.1 Å². The molecule has 6 nitrogen and oxygen atoms in total. The fourth-order valence-electron chi connectivity index (χ4n) is 1.88. The van der Waals surface area contributed by atoms with Gasteiger partial charge in [0.25, 0.3) is 5.91 Å². The summed E-state index contributed by atoms with van der Waals surface area (Å²) < 4.78 is 5.89. The molecule has 1 N–H and O–H groups in total. The zero-order valence-electron chi connectivity index (χ0n) is 11.9. The molecule has 0 saturated carbocycles. The molecule has 1 fully saturated rings. The molecule has 3 amide bonds. The van der Waals surface area contributed by atoms with Crippen LogP contribution in [0.5, 0.6) is 0 Å². The lowest BCUT2D eigenvalue weighted by atomic mass is 10.2. The number of hydrogen-bond donors (Lipinski definition) is 1. The molecule has 0 spiro atoms. The van der Waals surface area contributed by atoms with E-state index >= 15 is 0 Å². The maximum Gasteiger partial charge on any atom is 0.324 e. The molecule has 0 unspecified atom stereocenters. The molecule has 22 heavy (non-hydrogen) atoms. The van der Waals surface area contributed by atoms with Crippen LogP contribution < -0.4 is 5.32 Å². The minimum Gasteiger partial charge on any atom is -0.455 e. The van der Waals surface area contributed by atoms with Gasteiger partial charge in [-0.05, 0) is 30.7 Å². The molecule has 0 aliphatic carbocycles. The summed E-state index contributed by atoms with van der Waals surface area (Å²) in [4.78, 5) is 36.7. The number of urea groups is 1. The van der Waals surface area contributed by atoms with E-state index in [1.165, 1.54) is 11.8 Å². The summed E-state index contributed by atoms with van der Waals surface area (Å²) in [7, 11) is 0. The summed E-state index contributed by atoms with van der Waals surface area (Å²) in [5.74, 6) is -0.879. The molecule has 0 atom stereocenters. The summed E-state index contributed by atoms with van der Waals surface area (Å²) in [6.45, 7) is 2.28. The Hall–Kier alpha value is -1.54. The van der Waals surface area contributed by atoms with Crippen molar-refractivity contribution in [1.29, 1.82) is 0 Å². The zero-order chi connectivity index (χ0) is 16.1. The van der Waals surface area contributed by atoms with Crippen LogP contribution in [-0.2, 0) is 14.3 Å². The molecule has 0 radical (unpaired) electrons. The number of halogens is 1. The standard InChI is InChI=1S/C14H15BrN2O4S/c1-9-6-10(15)2-3-11(9)22-8-13(19)21-7-12(18)17-5-4-16-14(17)20/h2-3,6H,4-5,7-8H2,1H3,(H,16,20). The van der Waals surface area contributed by atoms with Gasteiger partial charge in [-0.1, -0.05) is 15.9 Å². The molecule has 1 aliphatic rings. The third-order valence-corrected chi connectivity index (χ3v) is 4.64. The van der Waals surface area contributed by atoms with E-state index in [0.717, 1.165) is 19.8 Å². The van der Waals surface area contributed by atoms with Crippen LogP contribution in [0.15, 0.2) is 27.6 Å². The normalized spacial score (nSPS) is 13.9. The highest BCUT2D eigenvalue weighted by Crippen LogP contribution is 2.25. The number of nitrogens with one attached hydrogen (secondary N) is 1. The van der Waals surface area contributed by atoms with E-state index in [-0.39, 0.29) is 5.75 Å². The summed E-state index contributed by atoms with van der Waals surface area (Å²) in [5.41, 5.74) is 1.05. The molecule has 1 saturated heterocycles. The Morgan fingerprint density at radius 1 is 1.45 bits per heavy atom. The summed E-state index contributed by atoms with van der Waals surface area (Å²) >= 11 is 4.73. The largest absolute Gasteiger partial charge is 0.455 e. The Kier molecular flexibility index (Phi) is 5.84. The van der Waals surface area contributed by atoms with Crippen molar-refractivity contribution in [1.82, 2.24) is 10.2 Å². The molecule has 8 heteroatoms. The van der Waals surface area contributed by atoms with Gasteiger partial charge in [-0.25, -0.2) is 4.79 Å². The Labute approximate surface area is 140 Å². The highest BCUT2D eigenvalue weighted by Gasteiger charge is 2.26. The lowest BCUT2D eigenvalue weighted by Crippen LogP contribution is -2.37. The van der Waals surface area contributed by atoms with Crippen molar-refractivity contribution in [2.75, 3.05) is 25.4 Å². The first-order valence-corrected chi connectivity index (χ1v) is 8.38. The number of esters is 1. The minimum absolute atomic E-state index is 0.113. The van der Waals surface area contributed by atoms with Gasteiger partial charge in [-0.3, -0.25) is 14.5 Å². The quantitative estimate of drug-likeness (QED) is 0.618. The van der Waals surface area contributed by atoms with Crippen LogP contribution in [0, 0.1) is 6.92 Å². The fraction of sp³-hybridized carbons (Fsp3) is 0.357. The van der Waals surface area contributed by atoms with E-state index in [2.05, 4.69) is 21.2 Å². The Morgan fingerprint density at radius 2 is 2.23 bits per heavy atom. The van der Waals surface area contributed by atoms with E-state index in [1.54, 1.807) is 0 Å². The number of hydrogen-bond acceptors (Lipinski definition) is 5. The van der Waals surface area contributed by atoms with Crippen molar-refractivity contribution >= 4 is 45.6 Å². The number of ether oxygens (including phenoxy) is 1. The molecule has 0 bridgehead atoms. The molecule has 1 aliphatic heterocycles. The number of rotatable bonds is 5. The van der Waals surface area contributed by atoms with Crippen molar-refractivity contribution in [3.63, 3.8) is 0 Å². The van der Waals surface area contributed by atoms with Gasteiger partial charge in [0.05, 0.1) is 5.75 Å². The summed E-state index contributed by atoms with van der Waals surface area (Å²) in [5, 5.41) is 2.51. The molecular weight excluding hydrogens is 372 g/mol. The first-order chi connectivity index (χ1) is 10.5. The van der Waals surface area contributed by atoms with E-state index in [4.69, 9.17) is 4.74 Å². The highest BCUT2D eigenvalue weighted by molar-refractivity contribution is 9.10. The number of aryl methyl sites for hydroxylation is 1.